The molecular weight excluding hydrogens is 618 g/mol. The molecule has 0 spiro atoms. The normalized spacial score (nSPS) is 20.1. The molecule has 4 heterocycles. The Morgan fingerprint density at radius 3 is 2.63 bits per heavy atom. The Labute approximate surface area is 287 Å². The Morgan fingerprint density at radius 2 is 1.86 bits per heavy atom. The largest absolute Gasteiger partial charge is 0.489 e. The van der Waals surface area contributed by atoms with Crippen LogP contribution in [0.3, 0.4) is 0 Å². The predicted molar refractivity (Wildman–Crippen MR) is 188 cm³/mol. The number of hydrogen-bond donors (Lipinski definition) is 1. The number of piperazine rings is 1. The molecule has 2 fully saturated rings. The molecule has 1 N–H and O–H groups in total. The monoisotopic (exact) mass is 661 g/mol. The highest BCUT2D eigenvalue weighted by molar-refractivity contribution is 5.95. The SMILES string of the molecule is C[C@@H](Oc1nc2c(c(N3CCN(C(=O)O)[C@@H](CC#N)C3)n1)CCN(c1cc(OCc3ccccc3)cc3ccccc13)C2)[C@H]1CCCN1C. The fourth-order valence-electron chi connectivity index (χ4n) is 7.61. The van der Waals surface area contributed by atoms with Crippen LogP contribution in [0.5, 0.6) is 11.8 Å². The Kier molecular flexibility index (Phi) is 9.40. The zero-order valence-corrected chi connectivity index (χ0v) is 28.2. The van der Waals surface area contributed by atoms with Crippen molar-refractivity contribution in [3.8, 4) is 17.8 Å². The van der Waals surface area contributed by atoms with Crippen molar-refractivity contribution < 1.29 is 19.4 Å². The van der Waals surface area contributed by atoms with E-state index in [2.05, 4.69) is 77.2 Å². The molecule has 11 heteroatoms. The van der Waals surface area contributed by atoms with Gasteiger partial charge in [-0.3, -0.25) is 4.90 Å². The molecule has 2 saturated heterocycles. The summed E-state index contributed by atoms with van der Waals surface area (Å²) in [6.45, 7) is 6.08. The third-order valence-electron chi connectivity index (χ3n) is 10.2. The van der Waals surface area contributed by atoms with Gasteiger partial charge in [-0.25, -0.2) is 4.79 Å². The molecule has 3 aromatic carbocycles. The molecular formula is C38H43N7O4. The first-order valence-electron chi connectivity index (χ1n) is 17.2. The molecule has 3 aliphatic heterocycles. The predicted octanol–water partition coefficient (Wildman–Crippen LogP) is 5.72. The van der Waals surface area contributed by atoms with E-state index in [4.69, 9.17) is 19.4 Å². The van der Waals surface area contributed by atoms with Gasteiger partial charge in [0.25, 0.3) is 0 Å². The zero-order chi connectivity index (χ0) is 33.9. The second-order valence-corrected chi connectivity index (χ2v) is 13.3. The number of nitriles is 1. The third kappa shape index (κ3) is 6.92. The van der Waals surface area contributed by atoms with E-state index in [1.807, 2.05) is 24.3 Å². The lowest BCUT2D eigenvalue weighted by Gasteiger charge is -2.41. The Morgan fingerprint density at radius 1 is 1.04 bits per heavy atom. The van der Waals surface area contributed by atoms with Crippen LogP contribution in [-0.2, 0) is 19.6 Å². The number of hydrogen-bond acceptors (Lipinski definition) is 9. The minimum absolute atomic E-state index is 0.101. The Hall–Kier alpha value is -5.08. The van der Waals surface area contributed by atoms with E-state index in [-0.39, 0.29) is 18.6 Å². The van der Waals surface area contributed by atoms with Crippen LogP contribution in [0.1, 0.15) is 43.0 Å². The lowest BCUT2D eigenvalue weighted by molar-refractivity contribution is 0.110. The molecule has 0 saturated carbocycles. The van der Waals surface area contributed by atoms with Crippen molar-refractivity contribution in [3.05, 3.63) is 83.6 Å². The molecule has 49 heavy (non-hydrogen) atoms. The fraction of sp³-hybridized carbons (Fsp3) is 0.421. The van der Waals surface area contributed by atoms with E-state index in [9.17, 15) is 15.2 Å². The van der Waals surface area contributed by atoms with Crippen molar-refractivity contribution in [1.29, 1.82) is 5.26 Å². The van der Waals surface area contributed by atoms with E-state index < -0.39 is 12.1 Å². The van der Waals surface area contributed by atoms with Gasteiger partial charge in [-0.15, -0.1) is 0 Å². The number of aromatic nitrogens is 2. The number of rotatable bonds is 9. The van der Waals surface area contributed by atoms with Gasteiger partial charge in [0.1, 0.15) is 24.3 Å². The second-order valence-electron chi connectivity index (χ2n) is 13.3. The summed E-state index contributed by atoms with van der Waals surface area (Å²) in [5.41, 5.74) is 4.14. The van der Waals surface area contributed by atoms with Crippen molar-refractivity contribution in [2.45, 2.75) is 63.9 Å². The number of fused-ring (bicyclic) bond motifs is 2. The number of likely N-dealkylation sites (N-methyl/N-ethyl adjacent to an activating group) is 1. The first-order chi connectivity index (χ1) is 23.9. The van der Waals surface area contributed by atoms with Crippen LogP contribution in [0, 0.1) is 11.3 Å². The molecule has 1 amide bonds. The van der Waals surface area contributed by atoms with Gasteiger partial charge < -0.3 is 29.3 Å². The van der Waals surface area contributed by atoms with Crippen molar-refractivity contribution >= 4 is 28.4 Å². The summed E-state index contributed by atoms with van der Waals surface area (Å²) in [5, 5.41) is 21.6. The molecule has 11 nitrogen and oxygen atoms in total. The Bertz CT molecular complexity index is 1850. The number of amides is 1. The van der Waals surface area contributed by atoms with Crippen molar-refractivity contribution in [2.75, 3.05) is 49.6 Å². The van der Waals surface area contributed by atoms with Crippen LogP contribution in [0.4, 0.5) is 16.3 Å². The summed E-state index contributed by atoms with van der Waals surface area (Å²) in [7, 11) is 2.13. The van der Waals surface area contributed by atoms with Gasteiger partial charge in [-0.1, -0.05) is 54.6 Å². The average molecular weight is 662 g/mol. The lowest BCUT2D eigenvalue weighted by atomic mass is 10.0. The van der Waals surface area contributed by atoms with Crippen LogP contribution >= 0.6 is 0 Å². The molecule has 0 bridgehead atoms. The standard InChI is InChI=1S/C38H43N7O4/c1-26(34-13-8-17-42(34)2)49-37-40-33-24-43(18-15-32(33)36(41-37)44-19-20-45(38(46)47)29(23-44)14-16-39)35-22-30(21-28-11-6-7-12-31(28)35)48-25-27-9-4-3-5-10-27/h3-7,9-12,21-22,26,29,34H,8,13-15,17-20,23-25H2,1-2H3,(H,46,47)/t26-,29+,34-/m1/s1. The molecule has 0 unspecified atom stereocenters. The summed E-state index contributed by atoms with van der Waals surface area (Å²) in [6.07, 6.45) is 1.92. The molecule has 7 rings (SSSR count). The average Bonchev–Trinajstić information content (AvgIpc) is 3.56. The smallest absolute Gasteiger partial charge is 0.407 e. The van der Waals surface area contributed by atoms with Gasteiger partial charge in [0.15, 0.2) is 0 Å². The third-order valence-corrected chi connectivity index (χ3v) is 10.2. The summed E-state index contributed by atoms with van der Waals surface area (Å²) in [4.78, 5) is 30.2. The summed E-state index contributed by atoms with van der Waals surface area (Å²) >= 11 is 0. The number of anilines is 2. The minimum atomic E-state index is -0.999. The van der Waals surface area contributed by atoms with E-state index in [1.165, 1.54) is 4.90 Å². The molecule has 1 aromatic heterocycles. The number of ether oxygens (including phenoxy) is 2. The van der Waals surface area contributed by atoms with Crippen molar-refractivity contribution in [1.82, 2.24) is 19.8 Å². The molecule has 254 valence electrons. The second kappa shape index (κ2) is 14.2. The number of benzene rings is 3. The van der Waals surface area contributed by atoms with E-state index in [0.29, 0.717) is 45.2 Å². The summed E-state index contributed by atoms with van der Waals surface area (Å²) < 4.78 is 12.8. The van der Waals surface area contributed by atoms with Crippen LogP contribution in [0.25, 0.3) is 10.8 Å². The maximum atomic E-state index is 12.0. The quantitative estimate of drug-likeness (QED) is 0.239. The molecule has 0 aliphatic carbocycles. The van der Waals surface area contributed by atoms with Crippen molar-refractivity contribution in [2.24, 2.45) is 0 Å². The number of likely N-dealkylation sites (tertiary alicyclic amines) is 1. The molecule has 3 atom stereocenters. The summed E-state index contributed by atoms with van der Waals surface area (Å²) in [5.74, 6) is 1.59. The minimum Gasteiger partial charge on any atom is -0.489 e. The highest BCUT2D eigenvalue weighted by Gasteiger charge is 2.35. The lowest BCUT2D eigenvalue weighted by Crippen LogP contribution is -2.55. The molecule has 4 aromatic rings. The molecule has 0 radical (unpaired) electrons. The van der Waals surface area contributed by atoms with Gasteiger partial charge in [0.05, 0.1) is 30.8 Å². The number of carbonyl (C=O) groups is 1. The summed E-state index contributed by atoms with van der Waals surface area (Å²) in [6, 6.07) is 25.1. The number of carboxylic acid groups (broad SMARTS) is 1. The van der Waals surface area contributed by atoms with Crippen LogP contribution < -0.4 is 19.3 Å². The molecule has 3 aliphatic rings. The first-order valence-corrected chi connectivity index (χ1v) is 17.2. The van der Waals surface area contributed by atoms with E-state index in [1.54, 1.807) is 0 Å². The van der Waals surface area contributed by atoms with E-state index in [0.717, 1.165) is 70.8 Å². The van der Waals surface area contributed by atoms with Gasteiger partial charge in [-0.2, -0.15) is 15.2 Å². The highest BCUT2D eigenvalue weighted by Crippen LogP contribution is 2.37. The van der Waals surface area contributed by atoms with Gasteiger partial charge in [-0.05, 0) is 56.8 Å². The first kappa shape index (κ1) is 32.5. The van der Waals surface area contributed by atoms with Gasteiger partial charge >= 0.3 is 12.1 Å². The fourth-order valence-corrected chi connectivity index (χ4v) is 7.61. The van der Waals surface area contributed by atoms with Crippen LogP contribution in [0.2, 0.25) is 0 Å². The maximum absolute atomic E-state index is 12.0. The van der Waals surface area contributed by atoms with Gasteiger partial charge in [0, 0.05) is 54.9 Å². The van der Waals surface area contributed by atoms with Crippen molar-refractivity contribution in [3.63, 3.8) is 0 Å². The van der Waals surface area contributed by atoms with Crippen LogP contribution in [-0.4, -0.2) is 88.9 Å². The highest BCUT2D eigenvalue weighted by atomic mass is 16.5. The van der Waals surface area contributed by atoms with Crippen LogP contribution in [0.15, 0.2) is 66.7 Å². The maximum Gasteiger partial charge on any atom is 0.407 e. The Balaban J connectivity index is 1.22. The zero-order valence-electron chi connectivity index (χ0n) is 28.2. The van der Waals surface area contributed by atoms with E-state index >= 15 is 0 Å². The number of nitrogens with zero attached hydrogens (tertiary/aromatic N) is 7. The topological polar surface area (TPSA) is 118 Å². The van der Waals surface area contributed by atoms with Gasteiger partial charge in [0.2, 0.25) is 0 Å².